The van der Waals surface area contributed by atoms with Gasteiger partial charge in [0.1, 0.15) is 6.10 Å². The van der Waals surface area contributed by atoms with Gasteiger partial charge in [-0.05, 0) is 37.8 Å². The highest BCUT2D eigenvalue weighted by atomic mass is 32.1. The number of carbonyl (C=O) groups excluding carboxylic acids is 1. The number of hydrogen-bond donors (Lipinski definition) is 1. The van der Waals surface area contributed by atoms with E-state index in [0.717, 1.165) is 25.9 Å². The van der Waals surface area contributed by atoms with E-state index >= 15 is 0 Å². The molecule has 20 heavy (non-hydrogen) atoms. The van der Waals surface area contributed by atoms with Crippen molar-refractivity contribution in [2.24, 2.45) is 5.92 Å². The molecule has 1 unspecified atom stereocenters. The lowest BCUT2D eigenvalue weighted by Gasteiger charge is -2.36. The third kappa shape index (κ3) is 3.05. The molecule has 0 spiro atoms. The normalized spacial score (nSPS) is 31.2. The van der Waals surface area contributed by atoms with Gasteiger partial charge >= 0.3 is 0 Å². The summed E-state index contributed by atoms with van der Waals surface area (Å²) >= 11 is 1.71. The fraction of sp³-hybridized carbons (Fsp3) is 0.667. The number of morpholine rings is 1. The average molecular weight is 294 g/mol. The van der Waals surface area contributed by atoms with Crippen LogP contribution in [0, 0.1) is 5.92 Å². The standard InChI is InChI=1S/C15H22N2O2S/c1-11-9-12(4-5-16-11)15(18)17-6-7-19-13(10-17)14-3-2-8-20-14/h2-3,8,11-13,16H,4-7,9-10H2,1H3/t11-,12-,13?/m0/s1. The number of thiophene rings is 1. The number of carbonyl (C=O) groups is 1. The Labute approximate surface area is 124 Å². The van der Waals surface area contributed by atoms with Crippen molar-refractivity contribution in [3.05, 3.63) is 22.4 Å². The first-order valence-corrected chi connectivity index (χ1v) is 8.29. The Kier molecular flexibility index (Phi) is 4.38. The number of piperidine rings is 1. The molecule has 1 N–H and O–H groups in total. The van der Waals surface area contributed by atoms with E-state index in [1.165, 1.54) is 4.88 Å². The van der Waals surface area contributed by atoms with Crippen molar-refractivity contribution in [1.29, 1.82) is 0 Å². The highest BCUT2D eigenvalue weighted by molar-refractivity contribution is 7.10. The third-order valence-corrected chi connectivity index (χ3v) is 5.18. The molecular weight excluding hydrogens is 272 g/mol. The lowest BCUT2D eigenvalue weighted by atomic mass is 9.91. The van der Waals surface area contributed by atoms with E-state index in [1.54, 1.807) is 11.3 Å². The zero-order chi connectivity index (χ0) is 13.9. The molecule has 2 saturated heterocycles. The summed E-state index contributed by atoms with van der Waals surface area (Å²) in [4.78, 5) is 15.9. The van der Waals surface area contributed by atoms with Crippen LogP contribution in [0.1, 0.15) is 30.7 Å². The second kappa shape index (κ2) is 6.24. The molecule has 3 heterocycles. The molecule has 1 aromatic rings. The fourth-order valence-electron chi connectivity index (χ4n) is 3.11. The van der Waals surface area contributed by atoms with Crippen LogP contribution in [-0.2, 0) is 9.53 Å². The van der Waals surface area contributed by atoms with Crippen LogP contribution in [0.5, 0.6) is 0 Å². The van der Waals surface area contributed by atoms with E-state index in [-0.39, 0.29) is 12.0 Å². The van der Waals surface area contributed by atoms with Crippen molar-refractivity contribution in [3.63, 3.8) is 0 Å². The number of amides is 1. The summed E-state index contributed by atoms with van der Waals surface area (Å²) in [6.07, 6.45) is 1.98. The van der Waals surface area contributed by atoms with Crippen LogP contribution in [-0.4, -0.2) is 43.1 Å². The predicted octanol–water partition coefficient (Wildman–Crippen LogP) is 2.04. The molecule has 3 rings (SSSR count). The maximum atomic E-state index is 12.7. The molecule has 0 aliphatic carbocycles. The minimum atomic E-state index is 0.0619. The zero-order valence-electron chi connectivity index (χ0n) is 11.9. The SMILES string of the molecule is C[C@H]1C[C@@H](C(=O)N2CCOC(c3cccs3)C2)CCN1. The highest BCUT2D eigenvalue weighted by Gasteiger charge is 2.32. The van der Waals surface area contributed by atoms with Gasteiger partial charge in [-0.25, -0.2) is 0 Å². The quantitative estimate of drug-likeness (QED) is 0.907. The minimum absolute atomic E-state index is 0.0619. The summed E-state index contributed by atoms with van der Waals surface area (Å²) in [7, 11) is 0. The lowest BCUT2D eigenvalue weighted by Crippen LogP contribution is -2.48. The van der Waals surface area contributed by atoms with Gasteiger partial charge in [0.2, 0.25) is 5.91 Å². The molecule has 2 fully saturated rings. The van der Waals surface area contributed by atoms with E-state index in [0.29, 0.717) is 25.1 Å². The van der Waals surface area contributed by atoms with E-state index in [4.69, 9.17) is 4.74 Å². The van der Waals surface area contributed by atoms with Crippen LogP contribution in [0.2, 0.25) is 0 Å². The lowest BCUT2D eigenvalue weighted by molar-refractivity contribution is -0.144. The van der Waals surface area contributed by atoms with Crippen LogP contribution in [0.4, 0.5) is 0 Å². The van der Waals surface area contributed by atoms with Gasteiger partial charge in [-0.3, -0.25) is 4.79 Å². The van der Waals surface area contributed by atoms with Crippen LogP contribution >= 0.6 is 11.3 Å². The number of ether oxygens (including phenoxy) is 1. The van der Waals surface area contributed by atoms with Crippen molar-refractivity contribution >= 4 is 17.2 Å². The van der Waals surface area contributed by atoms with E-state index in [1.807, 2.05) is 11.0 Å². The van der Waals surface area contributed by atoms with Crippen molar-refractivity contribution in [1.82, 2.24) is 10.2 Å². The Morgan fingerprint density at radius 3 is 3.20 bits per heavy atom. The van der Waals surface area contributed by atoms with Gasteiger partial charge in [0.05, 0.1) is 13.2 Å². The monoisotopic (exact) mass is 294 g/mol. The molecule has 2 aliphatic rings. The number of nitrogens with zero attached hydrogens (tertiary/aromatic N) is 1. The molecule has 0 aromatic carbocycles. The van der Waals surface area contributed by atoms with Gasteiger partial charge in [0.15, 0.2) is 0 Å². The molecular formula is C15H22N2O2S. The van der Waals surface area contributed by atoms with Crippen LogP contribution in [0.25, 0.3) is 0 Å². The van der Waals surface area contributed by atoms with E-state index in [9.17, 15) is 4.79 Å². The molecule has 4 nitrogen and oxygen atoms in total. The van der Waals surface area contributed by atoms with Gasteiger partial charge in [-0.15, -0.1) is 11.3 Å². The Morgan fingerprint density at radius 1 is 1.55 bits per heavy atom. The van der Waals surface area contributed by atoms with Crippen LogP contribution < -0.4 is 5.32 Å². The van der Waals surface area contributed by atoms with Gasteiger partial charge in [0.25, 0.3) is 0 Å². The molecule has 3 atom stereocenters. The Bertz CT molecular complexity index is 449. The summed E-state index contributed by atoms with van der Waals surface area (Å²) in [6, 6.07) is 4.58. The van der Waals surface area contributed by atoms with Crippen molar-refractivity contribution in [2.45, 2.75) is 31.9 Å². The molecule has 5 heteroatoms. The number of rotatable bonds is 2. The maximum Gasteiger partial charge on any atom is 0.225 e. The van der Waals surface area contributed by atoms with E-state index in [2.05, 4.69) is 23.7 Å². The Hall–Kier alpha value is -0.910. The maximum absolute atomic E-state index is 12.7. The average Bonchev–Trinajstić information content (AvgIpc) is 3.01. The minimum Gasteiger partial charge on any atom is -0.369 e. The fourth-order valence-corrected chi connectivity index (χ4v) is 3.88. The molecule has 0 bridgehead atoms. The Morgan fingerprint density at radius 2 is 2.45 bits per heavy atom. The number of hydrogen-bond acceptors (Lipinski definition) is 4. The number of nitrogens with one attached hydrogen (secondary N) is 1. The molecule has 1 aromatic heterocycles. The van der Waals surface area contributed by atoms with Crippen LogP contribution in [0.15, 0.2) is 17.5 Å². The first kappa shape index (κ1) is 14.0. The van der Waals surface area contributed by atoms with Gasteiger partial charge in [-0.2, -0.15) is 0 Å². The highest BCUT2D eigenvalue weighted by Crippen LogP contribution is 2.28. The molecule has 1 amide bonds. The van der Waals surface area contributed by atoms with E-state index < -0.39 is 0 Å². The van der Waals surface area contributed by atoms with Gasteiger partial charge < -0.3 is 15.0 Å². The van der Waals surface area contributed by atoms with Crippen molar-refractivity contribution < 1.29 is 9.53 Å². The first-order valence-electron chi connectivity index (χ1n) is 7.41. The van der Waals surface area contributed by atoms with Crippen LogP contribution in [0.3, 0.4) is 0 Å². The summed E-state index contributed by atoms with van der Waals surface area (Å²) in [6.45, 7) is 5.20. The summed E-state index contributed by atoms with van der Waals surface area (Å²) in [5.41, 5.74) is 0. The largest absolute Gasteiger partial charge is 0.369 e. The smallest absolute Gasteiger partial charge is 0.225 e. The topological polar surface area (TPSA) is 41.6 Å². The molecule has 2 aliphatic heterocycles. The zero-order valence-corrected chi connectivity index (χ0v) is 12.7. The van der Waals surface area contributed by atoms with Gasteiger partial charge in [0, 0.05) is 23.4 Å². The molecule has 0 radical (unpaired) electrons. The Balaban J connectivity index is 1.63. The predicted molar refractivity (Wildman–Crippen MR) is 79.8 cm³/mol. The second-order valence-corrected chi connectivity index (χ2v) is 6.71. The summed E-state index contributed by atoms with van der Waals surface area (Å²) < 4.78 is 5.82. The first-order chi connectivity index (χ1) is 9.74. The van der Waals surface area contributed by atoms with Crippen molar-refractivity contribution in [2.75, 3.05) is 26.2 Å². The molecule has 0 saturated carbocycles. The summed E-state index contributed by atoms with van der Waals surface area (Å²) in [5, 5.41) is 5.47. The summed E-state index contributed by atoms with van der Waals surface area (Å²) in [5.74, 6) is 0.511. The van der Waals surface area contributed by atoms with Gasteiger partial charge in [-0.1, -0.05) is 6.07 Å². The third-order valence-electron chi connectivity index (χ3n) is 4.21. The van der Waals surface area contributed by atoms with Crippen molar-refractivity contribution in [3.8, 4) is 0 Å². The molecule has 110 valence electrons. The second-order valence-electron chi connectivity index (χ2n) is 5.74.